The Kier molecular flexibility index (Phi) is 7.15. The van der Waals surface area contributed by atoms with Crippen LogP contribution in [0.15, 0.2) is 64.8 Å². The van der Waals surface area contributed by atoms with E-state index in [9.17, 15) is 10.1 Å². The molecule has 0 aliphatic carbocycles. The zero-order valence-electron chi connectivity index (χ0n) is 17.1. The van der Waals surface area contributed by atoms with Gasteiger partial charge in [0.1, 0.15) is 11.8 Å². The number of aliphatic imine (C=N–C) groups is 1. The molecule has 0 spiro atoms. The average Bonchev–Trinajstić information content (AvgIpc) is 2.77. The van der Waals surface area contributed by atoms with Crippen LogP contribution in [-0.2, 0) is 15.3 Å². The van der Waals surface area contributed by atoms with Gasteiger partial charge < -0.3 is 14.8 Å². The van der Waals surface area contributed by atoms with Gasteiger partial charge in [0.05, 0.1) is 30.9 Å². The molecule has 1 atom stereocenters. The molecule has 0 amide bonds. The van der Waals surface area contributed by atoms with Crippen LogP contribution in [0.2, 0.25) is 0 Å². The zero-order valence-corrected chi connectivity index (χ0v) is 18.0. The number of nitriles is 1. The number of nitrogens with zero attached hydrogens (tertiary/aromatic N) is 2. The highest BCUT2D eigenvalue weighted by atomic mass is 32.2. The van der Waals surface area contributed by atoms with E-state index in [1.54, 1.807) is 20.1 Å². The van der Waals surface area contributed by atoms with Crippen molar-refractivity contribution < 1.29 is 14.3 Å². The van der Waals surface area contributed by atoms with Gasteiger partial charge in [-0.2, -0.15) is 5.26 Å². The van der Waals surface area contributed by atoms with Crippen molar-refractivity contribution in [3.8, 4) is 11.8 Å². The molecule has 154 valence electrons. The molecule has 1 unspecified atom stereocenters. The van der Waals surface area contributed by atoms with E-state index < -0.39 is 12.0 Å². The number of benzene rings is 2. The first kappa shape index (κ1) is 21.5. The van der Waals surface area contributed by atoms with Gasteiger partial charge in [-0.15, -0.1) is 0 Å². The summed E-state index contributed by atoms with van der Waals surface area (Å²) in [7, 11) is 1.60. The SMILES string of the molecule is CCOC(=O)C1=C(C)NC(SCc2ccccc2C#N)=NC1c1ccccc1OC. The molecule has 0 aromatic heterocycles. The minimum atomic E-state index is -0.546. The number of esters is 1. The number of thioether (sulfide) groups is 1. The molecule has 0 bridgehead atoms. The Balaban J connectivity index is 1.95. The van der Waals surface area contributed by atoms with Crippen LogP contribution in [-0.4, -0.2) is 24.9 Å². The second-order valence-corrected chi connectivity index (χ2v) is 7.48. The quantitative estimate of drug-likeness (QED) is 0.699. The largest absolute Gasteiger partial charge is 0.496 e. The molecular formula is C23H23N3O3S. The van der Waals surface area contributed by atoms with E-state index in [4.69, 9.17) is 14.5 Å². The first-order valence-electron chi connectivity index (χ1n) is 9.55. The molecule has 0 saturated carbocycles. The molecule has 1 heterocycles. The van der Waals surface area contributed by atoms with Crippen LogP contribution in [0, 0.1) is 11.3 Å². The van der Waals surface area contributed by atoms with Crippen LogP contribution in [0.4, 0.5) is 0 Å². The highest BCUT2D eigenvalue weighted by Crippen LogP contribution is 2.37. The average molecular weight is 422 g/mol. The first-order valence-corrected chi connectivity index (χ1v) is 10.5. The highest BCUT2D eigenvalue weighted by molar-refractivity contribution is 8.13. The fraction of sp³-hybridized carbons (Fsp3) is 0.261. The van der Waals surface area contributed by atoms with Crippen molar-refractivity contribution in [3.05, 3.63) is 76.5 Å². The highest BCUT2D eigenvalue weighted by Gasteiger charge is 2.32. The van der Waals surface area contributed by atoms with Crippen molar-refractivity contribution in [3.63, 3.8) is 0 Å². The predicted molar refractivity (Wildman–Crippen MR) is 118 cm³/mol. The zero-order chi connectivity index (χ0) is 21.5. The van der Waals surface area contributed by atoms with Gasteiger partial charge in [-0.3, -0.25) is 0 Å². The van der Waals surface area contributed by atoms with Crippen LogP contribution in [0.3, 0.4) is 0 Å². The second-order valence-electron chi connectivity index (χ2n) is 6.52. The van der Waals surface area contributed by atoms with Gasteiger partial charge >= 0.3 is 5.97 Å². The fourth-order valence-corrected chi connectivity index (χ4v) is 4.16. The van der Waals surface area contributed by atoms with Crippen LogP contribution < -0.4 is 10.1 Å². The van der Waals surface area contributed by atoms with Gasteiger partial charge in [-0.1, -0.05) is 48.2 Å². The third-order valence-corrected chi connectivity index (χ3v) is 5.59. The van der Waals surface area contributed by atoms with Gasteiger partial charge in [0, 0.05) is 17.0 Å². The summed E-state index contributed by atoms with van der Waals surface area (Å²) in [5.74, 6) is 0.832. The molecule has 2 aromatic carbocycles. The number of para-hydroxylation sites is 1. The summed E-state index contributed by atoms with van der Waals surface area (Å²) in [6, 6.07) is 16.7. The molecular weight excluding hydrogens is 398 g/mol. The minimum Gasteiger partial charge on any atom is -0.496 e. The van der Waals surface area contributed by atoms with Crippen LogP contribution >= 0.6 is 11.8 Å². The predicted octanol–water partition coefficient (Wildman–Crippen LogP) is 4.34. The van der Waals surface area contributed by atoms with Crippen molar-refractivity contribution in [1.29, 1.82) is 5.26 Å². The summed E-state index contributed by atoms with van der Waals surface area (Å²) >= 11 is 1.48. The molecule has 6 nitrogen and oxygen atoms in total. The Morgan fingerprint density at radius 2 is 1.97 bits per heavy atom. The molecule has 0 radical (unpaired) electrons. The second kappa shape index (κ2) is 9.99. The topological polar surface area (TPSA) is 83.7 Å². The lowest BCUT2D eigenvalue weighted by molar-refractivity contribution is -0.138. The fourth-order valence-electron chi connectivity index (χ4n) is 3.21. The Morgan fingerprint density at radius 1 is 1.23 bits per heavy atom. The first-order chi connectivity index (χ1) is 14.6. The third-order valence-electron chi connectivity index (χ3n) is 4.65. The van der Waals surface area contributed by atoms with E-state index in [-0.39, 0.29) is 6.61 Å². The number of allylic oxidation sites excluding steroid dienone is 1. The van der Waals surface area contributed by atoms with Crippen molar-refractivity contribution >= 4 is 22.9 Å². The lowest BCUT2D eigenvalue weighted by Gasteiger charge is -2.26. The summed E-state index contributed by atoms with van der Waals surface area (Å²) < 4.78 is 10.8. The number of carbonyl (C=O) groups excluding carboxylic acids is 1. The number of methoxy groups -OCH3 is 1. The molecule has 7 heteroatoms. The van der Waals surface area contributed by atoms with E-state index >= 15 is 0 Å². The van der Waals surface area contributed by atoms with Gasteiger partial charge in [0.15, 0.2) is 5.17 Å². The van der Waals surface area contributed by atoms with E-state index in [1.807, 2.05) is 49.4 Å². The molecule has 2 aromatic rings. The summed E-state index contributed by atoms with van der Waals surface area (Å²) in [5, 5.41) is 13.2. The standard InChI is InChI=1S/C23H23N3O3S/c1-4-29-22(27)20-15(2)25-23(30-14-17-10-6-5-9-16(17)13-24)26-21(20)18-11-7-8-12-19(18)28-3/h5-12,21H,4,14H2,1-3H3,(H,25,26). The van der Waals surface area contributed by atoms with Gasteiger partial charge in [0.2, 0.25) is 0 Å². The number of hydrogen-bond acceptors (Lipinski definition) is 7. The number of amidine groups is 1. The maximum absolute atomic E-state index is 12.7. The van der Waals surface area contributed by atoms with Crippen LogP contribution in [0.5, 0.6) is 5.75 Å². The molecule has 1 aliphatic heterocycles. The van der Waals surface area contributed by atoms with Gasteiger partial charge in [-0.25, -0.2) is 9.79 Å². The van der Waals surface area contributed by atoms with E-state index in [0.717, 1.165) is 11.1 Å². The molecule has 0 fully saturated rings. The summed E-state index contributed by atoms with van der Waals surface area (Å²) in [6.45, 7) is 3.90. The van der Waals surface area contributed by atoms with Crippen LogP contribution in [0.1, 0.15) is 36.6 Å². The monoisotopic (exact) mass is 421 g/mol. The number of rotatable bonds is 6. The Hall–Kier alpha value is -3.24. The maximum atomic E-state index is 12.7. The van der Waals surface area contributed by atoms with Gasteiger partial charge in [-0.05, 0) is 31.5 Å². The summed E-state index contributed by atoms with van der Waals surface area (Å²) in [6.07, 6.45) is 0. The Labute approximate surface area is 180 Å². The Morgan fingerprint density at radius 3 is 2.70 bits per heavy atom. The van der Waals surface area contributed by atoms with Crippen molar-refractivity contribution in [2.45, 2.75) is 25.6 Å². The smallest absolute Gasteiger partial charge is 0.338 e. The minimum absolute atomic E-state index is 0.282. The van der Waals surface area contributed by atoms with Crippen LogP contribution in [0.25, 0.3) is 0 Å². The Bertz CT molecular complexity index is 1040. The van der Waals surface area contributed by atoms with E-state index in [0.29, 0.717) is 33.5 Å². The number of ether oxygens (including phenoxy) is 2. The molecule has 30 heavy (non-hydrogen) atoms. The normalized spacial score (nSPS) is 15.7. The molecule has 1 aliphatic rings. The lowest BCUT2D eigenvalue weighted by Crippen LogP contribution is -2.30. The number of nitrogens with one attached hydrogen (secondary N) is 1. The lowest BCUT2D eigenvalue weighted by atomic mass is 9.96. The maximum Gasteiger partial charge on any atom is 0.338 e. The van der Waals surface area contributed by atoms with Crippen molar-refractivity contribution in [1.82, 2.24) is 5.32 Å². The van der Waals surface area contributed by atoms with E-state index in [1.165, 1.54) is 11.8 Å². The molecule has 3 rings (SSSR count). The van der Waals surface area contributed by atoms with Gasteiger partial charge in [0.25, 0.3) is 0 Å². The van der Waals surface area contributed by atoms with Crippen molar-refractivity contribution in [2.75, 3.05) is 13.7 Å². The van der Waals surface area contributed by atoms with Crippen molar-refractivity contribution in [2.24, 2.45) is 4.99 Å². The summed E-state index contributed by atoms with van der Waals surface area (Å²) in [5.41, 5.74) is 3.52. The molecule has 0 saturated heterocycles. The number of hydrogen-bond donors (Lipinski definition) is 1. The third kappa shape index (κ3) is 4.66. The summed E-state index contributed by atoms with van der Waals surface area (Å²) in [4.78, 5) is 17.5. The van der Waals surface area contributed by atoms with E-state index in [2.05, 4.69) is 11.4 Å². The number of carbonyl (C=O) groups is 1. The molecule has 1 N–H and O–H groups in total.